The van der Waals surface area contributed by atoms with Gasteiger partial charge in [-0.2, -0.15) is 0 Å². The van der Waals surface area contributed by atoms with Crippen molar-refractivity contribution in [3.63, 3.8) is 0 Å². The normalized spacial score (nSPS) is 14.6. The zero-order valence-corrected chi connectivity index (χ0v) is 16.1. The summed E-state index contributed by atoms with van der Waals surface area (Å²) in [5.74, 6) is 0.292. The molecule has 6 heteroatoms. The molecule has 0 bridgehead atoms. The number of piperidine rings is 1. The quantitative estimate of drug-likeness (QED) is 0.699. The highest BCUT2D eigenvalue weighted by molar-refractivity contribution is 5.92. The molecule has 1 saturated heterocycles. The van der Waals surface area contributed by atoms with Gasteiger partial charge in [0.15, 0.2) is 0 Å². The van der Waals surface area contributed by atoms with Crippen LogP contribution in [0.3, 0.4) is 0 Å². The Labute approximate surface area is 169 Å². The number of benzene rings is 2. The number of carbonyl (C=O) groups excluding carboxylic acids is 1. The number of anilines is 2. The van der Waals surface area contributed by atoms with Gasteiger partial charge < -0.3 is 10.2 Å². The van der Waals surface area contributed by atoms with Gasteiger partial charge in [0.25, 0.3) is 5.91 Å². The average Bonchev–Trinajstić information content (AvgIpc) is 2.76. The second-order valence-corrected chi connectivity index (χ2v) is 7.30. The number of amides is 1. The van der Waals surface area contributed by atoms with Crippen LogP contribution in [0, 0.1) is 11.7 Å². The van der Waals surface area contributed by atoms with E-state index < -0.39 is 5.82 Å². The molecule has 0 spiro atoms. The van der Waals surface area contributed by atoms with Crippen LogP contribution in [-0.2, 0) is 6.42 Å². The summed E-state index contributed by atoms with van der Waals surface area (Å²) in [6, 6.07) is 18.4. The lowest BCUT2D eigenvalue weighted by Crippen LogP contribution is -2.39. The van der Waals surface area contributed by atoms with Gasteiger partial charge in [-0.15, -0.1) is 0 Å². The predicted molar refractivity (Wildman–Crippen MR) is 110 cm³/mol. The molecule has 0 radical (unpaired) electrons. The number of nitrogens with one attached hydrogen (secondary N) is 1. The maximum Gasteiger partial charge on any atom is 0.272 e. The third kappa shape index (κ3) is 4.77. The molecule has 0 unspecified atom stereocenters. The average molecular weight is 390 g/mol. The zero-order chi connectivity index (χ0) is 20.1. The van der Waals surface area contributed by atoms with Gasteiger partial charge in [0.1, 0.15) is 11.5 Å². The molecule has 1 amide bonds. The van der Waals surface area contributed by atoms with Gasteiger partial charge in [-0.25, -0.2) is 14.4 Å². The van der Waals surface area contributed by atoms with E-state index >= 15 is 0 Å². The minimum atomic E-state index is -0.395. The number of aromatic nitrogens is 2. The molecule has 1 N–H and O–H groups in total. The Balaban J connectivity index is 1.37. The standard InChI is InChI=1S/C23H23FN4O/c24-19-8-4-5-9-20(19)26-23-25-13-10-21(27-23)22(29)28-14-11-18(12-15-28)16-17-6-2-1-3-7-17/h1-10,13,18H,11-12,14-16H2,(H,25,26,27). The van der Waals surface area contributed by atoms with Crippen molar-refractivity contribution in [3.8, 4) is 0 Å². The largest absolute Gasteiger partial charge is 0.337 e. The van der Waals surface area contributed by atoms with E-state index in [1.807, 2.05) is 11.0 Å². The van der Waals surface area contributed by atoms with Crippen molar-refractivity contribution in [1.29, 1.82) is 0 Å². The highest BCUT2D eigenvalue weighted by Gasteiger charge is 2.24. The highest BCUT2D eigenvalue weighted by Crippen LogP contribution is 2.23. The van der Waals surface area contributed by atoms with Crippen molar-refractivity contribution in [2.75, 3.05) is 18.4 Å². The van der Waals surface area contributed by atoms with Crippen LogP contribution in [-0.4, -0.2) is 33.9 Å². The Morgan fingerprint density at radius 3 is 2.52 bits per heavy atom. The molecule has 2 heterocycles. The van der Waals surface area contributed by atoms with Gasteiger partial charge in [0.2, 0.25) is 5.95 Å². The topological polar surface area (TPSA) is 58.1 Å². The molecule has 1 aliphatic heterocycles. The monoisotopic (exact) mass is 390 g/mol. The summed E-state index contributed by atoms with van der Waals surface area (Å²) in [7, 11) is 0. The van der Waals surface area contributed by atoms with Gasteiger partial charge in [-0.1, -0.05) is 42.5 Å². The Morgan fingerprint density at radius 2 is 1.76 bits per heavy atom. The molecule has 0 aliphatic carbocycles. The van der Waals surface area contributed by atoms with Gasteiger partial charge in [-0.05, 0) is 48.9 Å². The van der Waals surface area contributed by atoms with Gasteiger partial charge in [0.05, 0.1) is 5.69 Å². The third-order valence-corrected chi connectivity index (χ3v) is 5.26. The first-order valence-electron chi connectivity index (χ1n) is 9.87. The van der Waals surface area contributed by atoms with Crippen molar-refractivity contribution in [2.24, 2.45) is 5.92 Å². The van der Waals surface area contributed by atoms with E-state index in [0.29, 0.717) is 11.6 Å². The van der Waals surface area contributed by atoms with E-state index in [4.69, 9.17) is 0 Å². The molecule has 1 aliphatic rings. The van der Waals surface area contributed by atoms with Crippen molar-refractivity contribution >= 4 is 17.5 Å². The molecule has 148 valence electrons. The summed E-state index contributed by atoms with van der Waals surface area (Å²) in [5, 5.41) is 2.84. The van der Waals surface area contributed by atoms with Crippen LogP contribution in [0.15, 0.2) is 66.9 Å². The minimum Gasteiger partial charge on any atom is -0.337 e. The van der Waals surface area contributed by atoms with Crippen molar-refractivity contribution < 1.29 is 9.18 Å². The Kier molecular flexibility index (Phi) is 5.79. The van der Waals surface area contributed by atoms with E-state index in [-0.39, 0.29) is 17.5 Å². The Morgan fingerprint density at radius 1 is 1.03 bits per heavy atom. The summed E-state index contributed by atoms with van der Waals surface area (Å²) >= 11 is 0. The summed E-state index contributed by atoms with van der Waals surface area (Å²) in [4.78, 5) is 23.1. The summed E-state index contributed by atoms with van der Waals surface area (Å²) in [6.07, 6.45) is 4.52. The van der Waals surface area contributed by atoms with Gasteiger partial charge in [0, 0.05) is 19.3 Å². The lowest BCUT2D eigenvalue weighted by Gasteiger charge is -2.32. The SMILES string of the molecule is O=C(c1ccnc(Nc2ccccc2F)n1)N1CCC(Cc2ccccc2)CC1. The Hall–Kier alpha value is -3.28. The fourth-order valence-corrected chi connectivity index (χ4v) is 3.67. The molecule has 1 fully saturated rings. The molecular formula is C23H23FN4O. The van der Waals surface area contributed by atoms with Crippen molar-refractivity contribution in [3.05, 3.63) is 83.9 Å². The molecule has 3 aromatic rings. The maximum atomic E-state index is 13.8. The van der Waals surface area contributed by atoms with E-state index in [9.17, 15) is 9.18 Å². The number of rotatable bonds is 5. The summed E-state index contributed by atoms with van der Waals surface area (Å²) in [5.41, 5.74) is 1.94. The number of hydrogen-bond acceptors (Lipinski definition) is 4. The fourth-order valence-electron chi connectivity index (χ4n) is 3.67. The minimum absolute atomic E-state index is 0.109. The van der Waals surface area contributed by atoms with E-state index in [0.717, 1.165) is 32.4 Å². The van der Waals surface area contributed by atoms with Crippen molar-refractivity contribution in [2.45, 2.75) is 19.3 Å². The molecule has 5 nitrogen and oxygen atoms in total. The van der Waals surface area contributed by atoms with Crippen molar-refractivity contribution in [1.82, 2.24) is 14.9 Å². The third-order valence-electron chi connectivity index (χ3n) is 5.26. The second-order valence-electron chi connectivity index (χ2n) is 7.30. The van der Waals surface area contributed by atoms with E-state index in [1.165, 1.54) is 17.8 Å². The maximum absolute atomic E-state index is 13.8. The van der Waals surface area contributed by atoms with E-state index in [1.54, 1.807) is 24.3 Å². The predicted octanol–water partition coefficient (Wildman–Crippen LogP) is 4.45. The van der Waals surface area contributed by atoms with Crippen LogP contribution in [0.25, 0.3) is 0 Å². The number of hydrogen-bond donors (Lipinski definition) is 1. The lowest BCUT2D eigenvalue weighted by atomic mass is 9.90. The Bertz CT molecular complexity index is 971. The van der Waals surface area contributed by atoms with Crippen LogP contribution in [0.5, 0.6) is 0 Å². The molecule has 0 atom stereocenters. The van der Waals surface area contributed by atoms with E-state index in [2.05, 4.69) is 39.6 Å². The summed E-state index contributed by atoms with van der Waals surface area (Å²) in [6.45, 7) is 1.44. The molecule has 29 heavy (non-hydrogen) atoms. The first kappa shape index (κ1) is 19.1. The first-order chi connectivity index (χ1) is 14.2. The smallest absolute Gasteiger partial charge is 0.272 e. The number of nitrogens with zero attached hydrogens (tertiary/aromatic N) is 3. The summed E-state index contributed by atoms with van der Waals surface area (Å²) < 4.78 is 13.8. The lowest BCUT2D eigenvalue weighted by molar-refractivity contribution is 0.0684. The first-order valence-corrected chi connectivity index (χ1v) is 9.87. The number of halogens is 1. The van der Waals surface area contributed by atoms with Crippen LogP contribution in [0.1, 0.15) is 28.9 Å². The van der Waals surface area contributed by atoms with Crippen LogP contribution in [0.2, 0.25) is 0 Å². The van der Waals surface area contributed by atoms with Crippen LogP contribution >= 0.6 is 0 Å². The molecule has 4 rings (SSSR count). The fraction of sp³-hybridized carbons (Fsp3) is 0.261. The van der Waals surface area contributed by atoms with Gasteiger partial charge >= 0.3 is 0 Å². The molecule has 1 aromatic heterocycles. The number of likely N-dealkylation sites (tertiary alicyclic amines) is 1. The zero-order valence-electron chi connectivity index (χ0n) is 16.1. The molecular weight excluding hydrogens is 367 g/mol. The van der Waals surface area contributed by atoms with Crippen LogP contribution < -0.4 is 5.32 Å². The van der Waals surface area contributed by atoms with Gasteiger partial charge in [-0.3, -0.25) is 4.79 Å². The second kappa shape index (κ2) is 8.82. The van der Waals surface area contributed by atoms with Crippen LogP contribution in [0.4, 0.5) is 16.0 Å². The molecule has 0 saturated carbocycles. The number of carbonyl (C=O) groups is 1. The number of para-hydroxylation sites is 1. The molecule has 2 aromatic carbocycles. The highest BCUT2D eigenvalue weighted by atomic mass is 19.1.